The number of nitrogens with one attached hydrogen (secondary N) is 2. The summed E-state index contributed by atoms with van der Waals surface area (Å²) in [6.07, 6.45) is 3.76. The third-order valence-corrected chi connectivity index (χ3v) is 3.72. The minimum Gasteiger partial charge on any atom is -0.357 e. The van der Waals surface area contributed by atoms with E-state index in [2.05, 4.69) is 60.8 Å². The van der Waals surface area contributed by atoms with Crippen molar-refractivity contribution >= 4 is 5.96 Å². The molecule has 0 saturated carbocycles. The molecule has 0 saturated heterocycles. The summed E-state index contributed by atoms with van der Waals surface area (Å²) in [5.41, 5.74) is 1.31. The highest BCUT2D eigenvalue weighted by Gasteiger charge is 2.19. The van der Waals surface area contributed by atoms with E-state index in [1.54, 1.807) is 6.20 Å². The molecule has 2 aromatic rings. The molecule has 0 spiro atoms. The van der Waals surface area contributed by atoms with Crippen molar-refractivity contribution in [3.05, 3.63) is 54.4 Å². The predicted molar refractivity (Wildman–Crippen MR) is 95.7 cm³/mol. The largest absolute Gasteiger partial charge is 0.357 e. The molecule has 2 N–H and O–H groups in total. The molecule has 0 aliphatic rings. The van der Waals surface area contributed by atoms with Crippen molar-refractivity contribution in [1.29, 1.82) is 0 Å². The molecule has 124 valence electrons. The van der Waals surface area contributed by atoms with Crippen molar-refractivity contribution in [3.8, 4) is 0 Å². The number of benzene rings is 1. The summed E-state index contributed by atoms with van der Waals surface area (Å²) < 4.78 is 1.91. The number of guanidine groups is 1. The summed E-state index contributed by atoms with van der Waals surface area (Å²) in [5, 5.41) is 10.9. The first-order valence-electron chi connectivity index (χ1n) is 8.17. The fourth-order valence-corrected chi connectivity index (χ4v) is 2.32. The second-order valence-electron chi connectivity index (χ2n) is 6.14. The van der Waals surface area contributed by atoms with E-state index in [0.29, 0.717) is 0 Å². The second-order valence-corrected chi connectivity index (χ2v) is 6.14. The highest BCUT2D eigenvalue weighted by molar-refractivity contribution is 5.79. The summed E-state index contributed by atoms with van der Waals surface area (Å²) in [4.78, 5) is 4.75. The Bertz CT molecular complexity index is 587. The average molecular weight is 313 g/mol. The summed E-state index contributed by atoms with van der Waals surface area (Å²) in [7, 11) is 0. The molecule has 2 rings (SSSR count). The molecule has 0 atom stereocenters. The first-order valence-corrected chi connectivity index (χ1v) is 8.17. The van der Waals surface area contributed by atoms with Crippen LogP contribution in [-0.4, -0.2) is 35.4 Å². The van der Waals surface area contributed by atoms with Gasteiger partial charge in [-0.2, -0.15) is 5.10 Å². The molecule has 1 aromatic carbocycles. The van der Waals surface area contributed by atoms with Crippen molar-refractivity contribution in [2.24, 2.45) is 4.99 Å². The Labute approximate surface area is 138 Å². The lowest BCUT2D eigenvalue weighted by Gasteiger charge is -2.24. The van der Waals surface area contributed by atoms with E-state index in [0.717, 1.165) is 32.1 Å². The van der Waals surface area contributed by atoms with Gasteiger partial charge in [0, 0.05) is 30.9 Å². The smallest absolute Gasteiger partial charge is 0.191 e. The van der Waals surface area contributed by atoms with Gasteiger partial charge in [-0.3, -0.25) is 9.67 Å². The quantitative estimate of drug-likeness (QED) is 0.610. The zero-order chi connectivity index (χ0) is 16.5. The van der Waals surface area contributed by atoms with Gasteiger partial charge in [0.2, 0.25) is 0 Å². The minimum atomic E-state index is 0.00555. The van der Waals surface area contributed by atoms with Crippen LogP contribution in [0, 0.1) is 0 Å². The lowest BCUT2D eigenvalue weighted by Crippen LogP contribution is -2.40. The molecule has 23 heavy (non-hydrogen) atoms. The van der Waals surface area contributed by atoms with Gasteiger partial charge in [-0.1, -0.05) is 44.2 Å². The normalized spacial score (nSPS) is 12.2. The van der Waals surface area contributed by atoms with Crippen molar-refractivity contribution < 1.29 is 0 Å². The highest BCUT2D eigenvalue weighted by Crippen LogP contribution is 2.22. The van der Waals surface area contributed by atoms with E-state index in [9.17, 15) is 0 Å². The van der Waals surface area contributed by atoms with Crippen LogP contribution in [0.1, 0.15) is 26.3 Å². The van der Waals surface area contributed by atoms with Gasteiger partial charge in [0.25, 0.3) is 0 Å². The van der Waals surface area contributed by atoms with E-state index < -0.39 is 0 Å². The number of aromatic nitrogens is 2. The molecule has 0 bridgehead atoms. The van der Waals surface area contributed by atoms with Crippen LogP contribution in [0.2, 0.25) is 0 Å². The SMILES string of the molecule is CCNC(=NCC(C)(C)c1ccccc1)NCCn1cccn1. The van der Waals surface area contributed by atoms with Crippen molar-refractivity contribution in [2.75, 3.05) is 19.6 Å². The minimum absolute atomic E-state index is 0.00555. The first-order chi connectivity index (χ1) is 11.1. The molecule has 0 unspecified atom stereocenters. The van der Waals surface area contributed by atoms with Gasteiger partial charge in [-0.15, -0.1) is 0 Å². The van der Waals surface area contributed by atoms with E-state index >= 15 is 0 Å². The molecule has 0 radical (unpaired) electrons. The van der Waals surface area contributed by atoms with E-state index in [1.807, 2.05) is 23.0 Å². The van der Waals surface area contributed by atoms with Gasteiger partial charge in [0.15, 0.2) is 5.96 Å². The summed E-state index contributed by atoms with van der Waals surface area (Å²) in [5.74, 6) is 0.851. The molecule has 5 nitrogen and oxygen atoms in total. The molecule has 0 amide bonds. The third-order valence-electron chi connectivity index (χ3n) is 3.72. The molecular weight excluding hydrogens is 286 g/mol. The number of hydrogen-bond donors (Lipinski definition) is 2. The molecule has 5 heteroatoms. The lowest BCUT2D eigenvalue weighted by atomic mass is 9.85. The fraction of sp³-hybridized carbons (Fsp3) is 0.444. The van der Waals surface area contributed by atoms with Crippen LogP contribution in [0.15, 0.2) is 53.8 Å². The maximum absolute atomic E-state index is 4.75. The lowest BCUT2D eigenvalue weighted by molar-refractivity contribution is 0.535. The standard InChI is InChI=1S/C18H27N5/c1-4-19-17(20-12-14-23-13-8-11-22-23)21-15-18(2,3)16-9-6-5-7-10-16/h5-11,13H,4,12,14-15H2,1-3H3,(H2,19,20,21). The Balaban J connectivity index is 1.92. The highest BCUT2D eigenvalue weighted by atomic mass is 15.3. The molecule has 1 aromatic heterocycles. The van der Waals surface area contributed by atoms with Crippen molar-refractivity contribution in [2.45, 2.75) is 32.7 Å². The van der Waals surface area contributed by atoms with Crippen molar-refractivity contribution in [3.63, 3.8) is 0 Å². The van der Waals surface area contributed by atoms with Crippen molar-refractivity contribution in [1.82, 2.24) is 20.4 Å². The van der Waals surface area contributed by atoms with Crippen LogP contribution in [0.3, 0.4) is 0 Å². The monoisotopic (exact) mass is 313 g/mol. The average Bonchev–Trinajstić information content (AvgIpc) is 3.07. The Kier molecular flexibility index (Phi) is 6.20. The summed E-state index contributed by atoms with van der Waals surface area (Å²) in [6.45, 7) is 9.71. The maximum atomic E-state index is 4.75. The summed E-state index contributed by atoms with van der Waals surface area (Å²) in [6, 6.07) is 12.5. The first kappa shape index (κ1) is 17.1. The van der Waals surface area contributed by atoms with Crippen LogP contribution in [-0.2, 0) is 12.0 Å². The zero-order valence-electron chi connectivity index (χ0n) is 14.3. The molecule has 0 fully saturated rings. The maximum Gasteiger partial charge on any atom is 0.191 e. The Hall–Kier alpha value is -2.30. The molecule has 0 aliphatic heterocycles. The Morgan fingerprint density at radius 2 is 1.96 bits per heavy atom. The third kappa shape index (κ3) is 5.43. The predicted octanol–water partition coefficient (Wildman–Crippen LogP) is 2.42. The van der Waals surface area contributed by atoms with Gasteiger partial charge in [-0.25, -0.2) is 0 Å². The summed E-state index contributed by atoms with van der Waals surface area (Å²) >= 11 is 0. The molecular formula is C18H27N5. The van der Waals surface area contributed by atoms with Gasteiger partial charge >= 0.3 is 0 Å². The van der Waals surface area contributed by atoms with E-state index in [4.69, 9.17) is 4.99 Å². The second kappa shape index (κ2) is 8.36. The Morgan fingerprint density at radius 1 is 1.17 bits per heavy atom. The van der Waals surface area contributed by atoms with Crippen LogP contribution in [0.5, 0.6) is 0 Å². The van der Waals surface area contributed by atoms with Gasteiger partial charge < -0.3 is 10.6 Å². The van der Waals surface area contributed by atoms with Crippen LogP contribution in [0.25, 0.3) is 0 Å². The fourth-order valence-electron chi connectivity index (χ4n) is 2.32. The number of aliphatic imine (C=N–C) groups is 1. The van der Waals surface area contributed by atoms with Gasteiger partial charge in [0.05, 0.1) is 13.1 Å². The molecule has 0 aliphatic carbocycles. The zero-order valence-corrected chi connectivity index (χ0v) is 14.3. The van der Waals surface area contributed by atoms with Crippen LogP contribution >= 0.6 is 0 Å². The number of nitrogens with zero attached hydrogens (tertiary/aromatic N) is 3. The topological polar surface area (TPSA) is 54.2 Å². The van der Waals surface area contributed by atoms with E-state index in [1.165, 1.54) is 5.56 Å². The van der Waals surface area contributed by atoms with Crippen LogP contribution in [0.4, 0.5) is 0 Å². The number of rotatable bonds is 7. The number of hydrogen-bond acceptors (Lipinski definition) is 2. The Morgan fingerprint density at radius 3 is 2.61 bits per heavy atom. The van der Waals surface area contributed by atoms with E-state index in [-0.39, 0.29) is 5.41 Å². The molecule has 1 heterocycles. The van der Waals surface area contributed by atoms with Crippen LogP contribution < -0.4 is 10.6 Å². The van der Waals surface area contributed by atoms with Gasteiger partial charge in [-0.05, 0) is 18.6 Å². The van der Waals surface area contributed by atoms with Gasteiger partial charge in [0.1, 0.15) is 0 Å².